The lowest BCUT2D eigenvalue weighted by atomic mass is 10.0. The highest BCUT2D eigenvalue weighted by molar-refractivity contribution is 5.85. The number of rotatable bonds is 9. The monoisotopic (exact) mass is 349 g/mol. The van der Waals surface area contributed by atoms with E-state index in [2.05, 4.69) is 16.0 Å². The SMILES string of the molecule is CCC(CC)C(=O)N[C@@H](CNC(=O)NCc1ccc(C)cc1)C(=O)O. The summed E-state index contributed by atoms with van der Waals surface area (Å²) in [6.45, 7) is 5.89. The second-order valence-electron chi connectivity index (χ2n) is 5.96. The summed E-state index contributed by atoms with van der Waals surface area (Å²) in [6.07, 6.45) is 1.28. The van der Waals surface area contributed by atoms with Crippen molar-refractivity contribution < 1.29 is 19.5 Å². The number of benzene rings is 1. The second-order valence-corrected chi connectivity index (χ2v) is 5.96. The summed E-state index contributed by atoms with van der Waals surface area (Å²) in [5, 5.41) is 16.8. The molecule has 1 aromatic carbocycles. The highest BCUT2D eigenvalue weighted by atomic mass is 16.4. The molecule has 7 nitrogen and oxygen atoms in total. The summed E-state index contributed by atoms with van der Waals surface area (Å²) in [6, 6.07) is 6.07. The first-order valence-electron chi connectivity index (χ1n) is 8.47. The molecule has 25 heavy (non-hydrogen) atoms. The molecule has 0 aliphatic heterocycles. The summed E-state index contributed by atoms with van der Waals surface area (Å²) in [7, 11) is 0. The zero-order chi connectivity index (χ0) is 18.8. The lowest BCUT2D eigenvalue weighted by molar-refractivity contribution is -0.142. The van der Waals surface area contributed by atoms with Gasteiger partial charge in [0.25, 0.3) is 0 Å². The molecule has 0 fully saturated rings. The molecule has 7 heteroatoms. The van der Waals surface area contributed by atoms with Crippen LogP contribution in [-0.2, 0) is 16.1 Å². The average Bonchev–Trinajstić information content (AvgIpc) is 2.58. The number of hydrogen-bond donors (Lipinski definition) is 4. The Kier molecular flexibility index (Phi) is 8.46. The lowest BCUT2D eigenvalue weighted by Gasteiger charge is -2.19. The topological polar surface area (TPSA) is 108 Å². The summed E-state index contributed by atoms with van der Waals surface area (Å²) >= 11 is 0. The number of hydrogen-bond acceptors (Lipinski definition) is 3. The van der Waals surface area contributed by atoms with Gasteiger partial charge < -0.3 is 21.1 Å². The van der Waals surface area contributed by atoms with Crippen LogP contribution in [0.25, 0.3) is 0 Å². The van der Waals surface area contributed by atoms with Crippen LogP contribution in [0.2, 0.25) is 0 Å². The van der Waals surface area contributed by atoms with Gasteiger partial charge in [-0.05, 0) is 25.3 Å². The van der Waals surface area contributed by atoms with Gasteiger partial charge in [0.05, 0.1) is 6.54 Å². The molecule has 1 atom stereocenters. The lowest BCUT2D eigenvalue weighted by Crippen LogP contribution is -2.51. The molecule has 1 rings (SSSR count). The predicted molar refractivity (Wildman–Crippen MR) is 95.1 cm³/mol. The molecule has 0 aliphatic carbocycles. The molecular weight excluding hydrogens is 322 g/mol. The Hall–Kier alpha value is -2.57. The van der Waals surface area contributed by atoms with Crippen molar-refractivity contribution in [2.45, 2.75) is 46.2 Å². The fourth-order valence-electron chi connectivity index (χ4n) is 2.29. The molecule has 0 spiro atoms. The Bertz CT molecular complexity index is 582. The van der Waals surface area contributed by atoms with E-state index in [0.717, 1.165) is 11.1 Å². The van der Waals surface area contributed by atoms with Crippen LogP contribution in [0.1, 0.15) is 37.8 Å². The first-order valence-corrected chi connectivity index (χ1v) is 8.47. The van der Waals surface area contributed by atoms with Gasteiger partial charge in [-0.25, -0.2) is 9.59 Å². The van der Waals surface area contributed by atoms with Gasteiger partial charge in [0.15, 0.2) is 0 Å². The van der Waals surface area contributed by atoms with E-state index in [1.807, 2.05) is 45.0 Å². The molecule has 0 unspecified atom stereocenters. The molecule has 0 aliphatic rings. The van der Waals surface area contributed by atoms with Gasteiger partial charge in [0.1, 0.15) is 6.04 Å². The Morgan fingerprint density at radius 2 is 1.64 bits per heavy atom. The number of carbonyl (C=O) groups is 3. The van der Waals surface area contributed by atoms with Crippen molar-refractivity contribution in [1.82, 2.24) is 16.0 Å². The predicted octanol–water partition coefficient (Wildman–Crippen LogP) is 1.80. The molecular formula is C18H27N3O4. The van der Waals surface area contributed by atoms with Crippen molar-refractivity contribution >= 4 is 17.9 Å². The van der Waals surface area contributed by atoms with Crippen LogP contribution in [-0.4, -0.2) is 35.6 Å². The maximum atomic E-state index is 12.0. The quantitative estimate of drug-likeness (QED) is 0.545. The molecule has 0 saturated heterocycles. The minimum absolute atomic E-state index is 0.180. The largest absolute Gasteiger partial charge is 0.480 e. The fourth-order valence-corrected chi connectivity index (χ4v) is 2.29. The van der Waals surface area contributed by atoms with Gasteiger partial charge >= 0.3 is 12.0 Å². The molecule has 0 aromatic heterocycles. The van der Waals surface area contributed by atoms with Crippen molar-refractivity contribution in [3.05, 3.63) is 35.4 Å². The van der Waals surface area contributed by atoms with Crippen molar-refractivity contribution in [3.8, 4) is 0 Å². The molecule has 0 radical (unpaired) electrons. The minimum Gasteiger partial charge on any atom is -0.480 e. The minimum atomic E-state index is -1.18. The van der Waals surface area contributed by atoms with Gasteiger partial charge in [0, 0.05) is 12.5 Å². The van der Waals surface area contributed by atoms with E-state index in [1.54, 1.807) is 0 Å². The van der Waals surface area contributed by atoms with E-state index in [4.69, 9.17) is 0 Å². The van der Waals surface area contributed by atoms with Crippen LogP contribution < -0.4 is 16.0 Å². The number of nitrogens with one attached hydrogen (secondary N) is 3. The molecule has 1 aromatic rings. The Balaban J connectivity index is 2.45. The van der Waals surface area contributed by atoms with Gasteiger partial charge in [0.2, 0.25) is 5.91 Å². The molecule has 0 heterocycles. The molecule has 0 saturated carbocycles. The van der Waals surface area contributed by atoms with E-state index in [-0.39, 0.29) is 18.4 Å². The van der Waals surface area contributed by atoms with E-state index >= 15 is 0 Å². The molecule has 0 bridgehead atoms. The third-order valence-electron chi connectivity index (χ3n) is 4.01. The first-order chi connectivity index (χ1) is 11.9. The first kappa shape index (κ1) is 20.5. The van der Waals surface area contributed by atoms with Crippen LogP contribution in [0.3, 0.4) is 0 Å². The average molecular weight is 349 g/mol. The van der Waals surface area contributed by atoms with Crippen LogP contribution in [0.5, 0.6) is 0 Å². The van der Waals surface area contributed by atoms with Crippen molar-refractivity contribution in [3.63, 3.8) is 0 Å². The molecule has 138 valence electrons. The van der Waals surface area contributed by atoms with Crippen molar-refractivity contribution in [2.75, 3.05) is 6.54 Å². The second kappa shape index (κ2) is 10.3. The number of amides is 3. The summed E-state index contributed by atoms with van der Waals surface area (Å²) < 4.78 is 0. The number of carboxylic acid groups (broad SMARTS) is 1. The zero-order valence-electron chi connectivity index (χ0n) is 15.0. The van der Waals surface area contributed by atoms with Crippen molar-refractivity contribution in [2.24, 2.45) is 5.92 Å². The normalized spacial score (nSPS) is 11.7. The number of urea groups is 1. The standard InChI is InChI=1S/C18H27N3O4/c1-4-14(5-2)16(22)21-15(17(23)24)11-20-18(25)19-10-13-8-6-12(3)7-9-13/h6-9,14-15H,4-5,10-11H2,1-3H3,(H,21,22)(H,23,24)(H2,19,20,25)/t15-/m0/s1. The van der Waals surface area contributed by atoms with E-state index < -0.39 is 18.0 Å². The Morgan fingerprint density at radius 3 is 2.16 bits per heavy atom. The van der Waals surface area contributed by atoms with Gasteiger partial charge in [-0.15, -0.1) is 0 Å². The molecule has 3 amide bonds. The van der Waals surface area contributed by atoms with Crippen LogP contribution in [0.15, 0.2) is 24.3 Å². The van der Waals surface area contributed by atoms with E-state index in [0.29, 0.717) is 19.4 Å². The fraction of sp³-hybridized carbons (Fsp3) is 0.500. The highest BCUT2D eigenvalue weighted by Gasteiger charge is 2.23. The third-order valence-corrected chi connectivity index (χ3v) is 4.01. The highest BCUT2D eigenvalue weighted by Crippen LogP contribution is 2.07. The number of carboxylic acids is 1. The third kappa shape index (κ3) is 7.24. The Labute approximate surface area is 148 Å². The zero-order valence-corrected chi connectivity index (χ0v) is 15.0. The maximum Gasteiger partial charge on any atom is 0.328 e. The van der Waals surface area contributed by atoms with Crippen LogP contribution >= 0.6 is 0 Å². The van der Waals surface area contributed by atoms with Gasteiger partial charge in [-0.2, -0.15) is 0 Å². The van der Waals surface area contributed by atoms with Gasteiger partial charge in [-0.3, -0.25) is 4.79 Å². The van der Waals surface area contributed by atoms with E-state index in [1.165, 1.54) is 0 Å². The maximum absolute atomic E-state index is 12.0. The summed E-state index contributed by atoms with van der Waals surface area (Å²) in [5.74, 6) is -1.71. The van der Waals surface area contributed by atoms with E-state index in [9.17, 15) is 19.5 Å². The van der Waals surface area contributed by atoms with Crippen molar-refractivity contribution in [1.29, 1.82) is 0 Å². The summed E-state index contributed by atoms with van der Waals surface area (Å²) in [4.78, 5) is 35.1. The molecule has 4 N–H and O–H groups in total. The van der Waals surface area contributed by atoms with Gasteiger partial charge in [-0.1, -0.05) is 43.7 Å². The van der Waals surface area contributed by atoms with Crippen LogP contribution in [0, 0.1) is 12.8 Å². The number of aryl methyl sites for hydroxylation is 1. The smallest absolute Gasteiger partial charge is 0.328 e. The number of carbonyl (C=O) groups excluding carboxylic acids is 2. The number of aliphatic carboxylic acids is 1. The summed E-state index contributed by atoms with van der Waals surface area (Å²) in [5.41, 5.74) is 2.07. The Morgan fingerprint density at radius 1 is 1.04 bits per heavy atom. The van der Waals surface area contributed by atoms with Crippen LogP contribution in [0.4, 0.5) is 4.79 Å².